The van der Waals surface area contributed by atoms with Crippen LogP contribution in [0.25, 0.3) is 22.3 Å². The summed E-state index contributed by atoms with van der Waals surface area (Å²) in [7, 11) is 1.08. The largest absolute Gasteiger partial charge is 0.510 e. The summed E-state index contributed by atoms with van der Waals surface area (Å²) in [6.45, 7) is -0.349. The Bertz CT molecular complexity index is 2850. The second-order valence-electron chi connectivity index (χ2n) is 11.2. The Kier molecular flexibility index (Phi) is 6.89. The number of aromatic hydroxyl groups is 1. The summed E-state index contributed by atoms with van der Waals surface area (Å²) in [4.78, 5) is 75.8. The molecule has 4 aliphatic rings. The number of hydrogen-bond donors (Lipinski definition) is 4. The molecule has 14 nitrogen and oxygen atoms in total. The minimum Gasteiger partial charge on any atom is -0.510 e. The molecule has 0 bridgehead atoms. The lowest BCUT2D eigenvalue weighted by molar-refractivity contribution is -0.141. The van der Waals surface area contributed by atoms with Crippen LogP contribution in [0.15, 0.2) is 63.1 Å². The fourth-order valence-corrected chi connectivity index (χ4v) is 7.37. The zero-order valence-electron chi connectivity index (χ0n) is 24.5. The van der Waals surface area contributed by atoms with Gasteiger partial charge in [-0.15, -0.1) is 5.11 Å². The second kappa shape index (κ2) is 10.6. The lowest BCUT2D eigenvalue weighted by Crippen LogP contribution is -2.51. The van der Waals surface area contributed by atoms with E-state index in [2.05, 4.69) is 41.1 Å². The van der Waals surface area contributed by atoms with Gasteiger partial charge in [0.2, 0.25) is 16.3 Å². The van der Waals surface area contributed by atoms with Gasteiger partial charge in [-0.05, 0) is 46.5 Å². The van der Waals surface area contributed by atoms with Gasteiger partial charge in [0.05, 0.1) is 33.4 Å². The number of aliphatic hydroxyl groups excluding tert-OH is 2. The predicted molar refractivity (Wildman–Crippen MR) is 166 cm³/mol. The summed E-state index contributed by atoms with van der Waals surface area (Å²) in [5.41, 5.74) is -8.47. The lowest BCUT2D eigenvalue weighted by atomic mass is 9.78. The average Bonchev–Trinajstić information content (AvgIpc) is 3.56. The third-order valence-electron chi connectivity index (χ3n) is 8.75. The molecular formula is C31H17BrF3N5O9. The van der Waals surface area contributed by atoms with E-state index in [1.165, 1.54) is 6.07 Å². The number of hydrogen-bond acceptors (Lipinski definition) is 13. The van der Waals surface area contributed by atoms with E-state index in [1.807, 2.05) is 0 Å². The maximum absolute atomic E-state index is 13.7. The van der Waals surface area contributed by atoms with Crippen LogP contribution in [0, 0.1) is 10.4 Å². The molecule has 3 aromatic rings. The van der Waals surface area contributed by atoms with Crippen LogP contribution >= 0.6 is 15.9 Å². The number of H-pyrrole nitrogens is 1. The molecule has 7 rings (SSSR count). The van der Waals surface area contributed by atoms with Crippen LogP contribution in [0.5, 0.6) is 11.5 Å². The first-order valence-electron chi connectivity index (χ1n) is 14.1. The van der Waals surface area contributed by atoms with Crippen molar-refractivity contribution >= 4 is 44.2 Å². The Morgan fingerprint density at radius 1 is 1.00 bits per heavy atom. The van der Waals surface area contributed by atoms with Gasteiger partial charge in [-0.2, -0.15) is 18.3 Å². The molecule has 2 heterocycles. The number of azo groups is 1. The number of aromatic amines is 1. The van der Waals surface area contributed by atoms with Crippen molar-refractivity contribution in [1.29, 1.82) is 0 Å². The number of phenolic OH excluding ortho intramolecular Hbond substituents is 1. The molecule has 0 radical (unpaired) electrons. The van der Waals surface area contributed by atoms with E-state index in [-0.39, 0.29) is 51.5 Å². The van der Waals surface area contributed by atoms with Crippen LogP contribution < -0.4 is 42.4 Å². The van der Waals surface area contributed by atoms with Crippen molar-refractivity contribution in [3.8, 4) is 11.5 Å². The van der Waals surface area contributed by atoms with E-state index >= 15 is 0 Å². The van der Waals surface area contributed by atoms with E-state index in [4.69, 9.17) is 4.74 Å². The number of ether oxygens (including phenoxy) is 1. The molecule has 0 fully saturated rings. The Morgan fingerprint density at radius 3 is 2.33 bits per heavy atom. The highest BCUT2D eigenvalue weighted by Crippen LogP contribution is 2.56. The summed E-state index contributed by atoms with van der Waals surface area (Å²) in [5.74, 6) is -3.49. The summed E-state index contributed by atoms with van der Waals surface area (Å²) in [5, 5.41) is 39.0. The Morgan fingerprint density at radius 2 is 1.67 bits per heavy atom. The number of rotatable bonds is 4. The molecule has 0 saturated heterocycles. The fraction of sp³-hybridized carbons (Fsp3) is 0.194. The molecule has 0 saturated carbocycles. The van der Waals surface area contributed by atoms with E-state index in [1.54, 1.807) is 0 Å². The Labute approximate surface area is 275 Å². The monoisotopic (exact) mass is 739 g/mol. The molecule has 49 heavy (non-hydrogen) atoms. The summed E-state index contributed by atoms with van der Waals surface area (Å²) < 4.78 is 44.0. The highest BCUT2D eigenvalue weighted by Gasteiger charge is 2.53. The number of aliphatic hydroxyl groups is 2. The number of nitrogens with one attached hydrogen (secondary N) is 1. The number of halogens is 4. The molecule has 4 aliphatic carbocycles. The topological polar surface area (TPSA) is 222 Å². The highest BCUT2D eigenvalue weighted by atomic mass is 79.9. The van der Waals surface area contributed by atoms with Crippen LogP contribution in [0.4, 0.5) is 19.1 Å². The third kappa shape index (κ3) is 4.29. The third-order valence-corrected chi connectivity index (χ3v) is 9.65. The van der Waals surface area contributed by atoms with Crippen LogP contribution in [-0.2, 0) is 24.6 Å². The summed E-state index contributed by atoms with van der Waals surface area (Å²) in [6, 6.07) is 2.81. The fourth-order valence-electron chi connectivity index (χ4n) is 6.66. The molecule has 0 aliphatic heterocycles. The number of benzene rings is 1. The predicted octanol–water partition coefficient (Wildman–Crippen LogP) is 1.37. The van der Waals surface area contributed by atoms with Gasteiger partial charge in [-0.25, -0.2) is 9.97 Å². The molecule has 1 aromatic carbocycles. The molecule has 18 heteroatoms. The standard InChI is InChI=1S/C31H17BrF3N5O9/c1-49-13-7-12(41)16-17(22(13)42)24(44)19-18(23(16)43)26(46)30(27(19)47)4-2-10-20(30)25(45)15-11(21(10)32)6-9(38-28(15)48)8-37-40-29-36-5-3-14(39-29)31(33,34)35/h3,5-7,45-47H,2,4,8H2,1H3,(H,38,48)/t30-/m0/s1. The first-order valence-corrected chi connectivity index (χ1v) is 14.9. The van der Waals surface area contributed by atoms with E-state index in [0.29, 0.717) is 6.07 Å². The molecule has 1 spiro atoms. The number of nitrogens with zero attached hydrogens (tertiary/aromatic N) is 4. The molecule has 1 atom stereocenters. The molecule has 0 amide bonds. The zero-order valence-corrected chi connectivity index (χ0v) is 26.1. The van der Waals surface area contributed by atoms with Crippen LogP contribution in [0.3, 0.4) is 0 Å². The number of fused-ring (bicyclic) bond motifs is 4. The SMILES string of the molecule is COc1cc(=O)c2c(=O)c3c(c(=O)c=2c1=O)=C(O)[C@]1(CCc2c1c(O)c1c(=O)[nH]c(CN=Nc4nccc(C(F)(F)F)n4)cc1c2Br)C=3O. The number of phenols is 1. The van der Waals surface area contributed by atoms with Crippen molar-refractivity contribution in [3.63, 3.8) is 0 Å². The minimum absolute atomic E-state index is 0.0194. The van der Waals surface area contributed by atoms with Crippen LogP contribution in [0.2, 0.25) is 0 Å². The Balaban J connectivity index is 1.41. The first kappa shape index (κ1) is 31.8. The van der Waals surface area contributed by atoms with Gasteiger partial charge < -0.3 is 25.0 Å². The molecule has 2 aromatic heterocycles. The quantitative estimate of drug-likeness (QED) is 0.193. The van der Waals surface area contributed by atoms with Gasteiger partial charge in [-0.3, -0.25) is 24.0 Å². The van der Waals surface area contributed by atoms with Gasteiger partial charge >= 0.3 is 6.18 Å². The molecule has 248 valence electrons. The van der Waals surface area contributed by atoms with Gasteiger partial charge in [0, 0.05) is 33.4 Å². The number of pyridine rings is 1. The zero-order chi connectivity index (χ0) is 35.3. The smallest absolute Gasteiger partial charge is 0.433 e. The average molecular weight is 740 g/mol. The van der Waals surface area contributed by atoms with Gasteiger partial charge in [-0.1, -0.05) is 0 Å². The molecule has 4 N–H and O–H groups in total. The van der Waals surface area contributed by atoms with Crippen molar-refractivity contribution in [2.75, 3.05) is 7.11 Å². The lowest BCUT2D eigenvalue weighted by Gasteiger charge is -2.27. The van der Waals surface area contributed by atoms with Crippen molar-refractivity contribution < 1.29 is 33.2 Å². The van der Waals surface area contributed by atoms with Crippen LogP contribution in [0.1, 0.15) is 28.9 Å². The van der Waals surface area contributed by atoms with E-state index < -0.39 is 94.4 Å². The van der Waals surface area contributed by atoms with Crippen LogP contribution in [-0.4, -0.2) is 37.4 Å². The summed E-state index contributed by atoms with van der Waals surface area (Å²) >= 11 is 3.43. The van der Waals surface area contributed by atoms with Crippen molar-refractivity contribution in [1.82, 2.24) is 15.0 Å². The Hall–Kier alpha value is -5.78. The van der Waals surface area contributed by atoms with Crippen molar-refractivity contribution in [2.24, 2.45) is 10.2 Å². The van der Waals surface area contributed by atoms with E-state index in [0.717, 1.165) is 19.4 Å². The van der Waals surface area contributed by atoms with Crippen molar-refractivity contribution in [3.05, 3.63) is 124 Å². The number of aromatic nitrogens is 3. The summed E-state index contributed by atoms with van der Waals surface area (Å²) in [6.07, 6.45) is -4.06. The van der Waals surface area contributed by atoms with Crippen molar-refractivity contribution in [2.45, 2.75) is 31.0 Å². The minimum atomic E-state index is -4.73. The number of alkyl halides is 3. The maximum Gasteiger partial charge on any atom is 0.433 e. The van der Waals surface area contributed by atoms with Gasteiger partial charge in [0.1, 0.15) is 34.9 Å². The molecular weight excluding hydrogens is 723 g/mol. The second-order valence-corrected chi connectivity index (χ2v) is 12.0. The first-order chi connectivity index (χ1) is 23.1. The van der Waals surface area contributed by atoms with E-state index in [9.17, 15) is 52.5 Å². The van der Waals surface area contributed by atoms with Gasteiger partial charge in [0.15, 0.2) is 11.2 Å². The highest BCUT2D eigenvalue weighted by molar-refractivity contribution is 9.10. The maximum atomic E-state index is 13.7. The molecule has 0 unspecified atom stereocenters. The van der Waals surface area contributed by atoms with Gasteiger partial charge in [0.25, 0.3) is 11.5 Å². The normalized spacial score (nSPS) is 17.2. The number of methoxy groups -OCH3 is 1.